The van der Waals surface area contributed by atoms with Gasteiger partial charge in [0.1, 0.15) is 0 Å². The number of hydrogen-bond donors (Lipinski definition) is 2. The fraction of sp³-hybridized carbons (Fsp3) is 0.462. The van der Waals surface area contributed by atoms with Crippen molar-refractivity contribution in [2.24, 2.45) is 0 Å². The van der Waals surface area contributed by atoms with Crippen LogP contribution in [0, 0.1) is 6.92 Å². The lowest BCUT2D eigenvalue weighted by atomic mass is 10.2. The van der Waals surface area contributed by atoms with Gasteiger partial charge in [0.05, 0.1) is 6.61 Å². The van der Waals surface area contributed by atoms with Crippen LogP contribution in [0.25, 0.3) is 0 Å². The fourth-order valence-corrected chi connectivity index (χ4v) is 1.62. The van der Waals surface area contributed by atoms with Crippen LogP contribution in [0.15, 0.2) is 24.3 Å². The molecule has 17 heavy (non-hydrogen) atoms. The number of anilines is 1. The third kappa shape index (κ3) is 4.07. The van der Waals surface area contributed by atoms with Crippen molar-refractivity contribution >= 4 is 11.7 Å². The third-order valence-electron chi connectivity index (χ3n) is 2.49. The topological polar surface area (TPSA) is 52.6 Å². The Kier molecular flexibility index (Phi) is 4.97. The predicted octanol–water partition coefficient (Wildman–Crippen LogP) is 2.23. The van der Waals surface area contributed by atoms with E-state index in [1.165, 1.54) is 0 Å². The average molecular weight is 236 g/mol. The fourth-order valence-electron chi connectivity index (χ4n) is 1.62. The summed E-state index contributed by atoms with van der Waals surface area (Å²) in [4.78, 5) is 13.6. The molecule has 1 rings (SSSR count). The van der Waals surface area contributed by atoms with Crippen molar-refractivity contribution in [3.63, 3.8) is 0 Å². The second-order valence-electron chi connectivity index (χ2n) is 4.31. The Morgan fingerprint density at radius 3 is 2.71 bits per heavy atom. The number of rotatable bonds is 4. The van der Waals surface area contributed by atoms with Gasteiger partial charge in [-0.1, -0.05) is 12.1 Å². The first-order valence-electron chi connectivity index (χ1n) is 5.79. The maximum atomic E-state index is 12.0. The molecule has 4 nitrogen and oxygen atoms in total. The Bertz CT molecular complexity index is 377. The molecule has 1 aromatic rings. The number of carbonyl (C=O) groups excluding carboxylic acids is 1. The molecule has 0 radical (unpaired) electrons. The Labute approximate surface area is 102 Å². The monoisotopic (exact) mass is 236 g/mol. The first-order chi connectivity index (χ1) is 8.04. The van der Waals surface area contributed by atoms with Gasteiger partial charge in [0.15, 0.2) is 0 Å². The van der Waals surface area contributed by atoms with Gasteiger partial charge in [-0.2, -0.15) is 0 Å². The highest BCUT2D eigenvalue weighted by molar-refractivity contribution is 5.89. The molecule has 2 N–H and O–H groups in total. The Morgan fingerprint density at radius 1 is 1.47 bits per heavy atom. The summed E-state index contributed by atoms with van der Waals surface area (Å²) in [6.45, 7) is 6.13. The number of aliphatic hydroxyl groups is 1. The molecule has 0 aliphatic rings. The summed E-state index contributed by atoms with van der Waals surface area (Å²) >= 11 is 0. The quantitative estimate of drug-likeness (QED) is 0.842. The van der Waals surface area contributed by atoms with Crippen LogP contribution in [0.1, 0.15) is 19.4 Å². The summed E-state index contributed by atoms with van der Waals surface area (Å²) in [6.07, 6.45) is 0. The molecular weight excluding hydrogens is 216 g/mol. The number of carbonyl (C=O) groups is 1. The van der Waals surface area contributed by atoms with Gasteiger partial charge < -0.3 is 15.3 Å². The van der Waals surface area contributed by atoms with E-state index in [-0.39, 0.29) is 18.7 Å². The van der Waals surface area contributed by atoms with E-state index in [1.54, 1.807) is 4.90 Å². The Hall–Kier alpha value is -1.55. The minimum atomic E-state index is -0.181. The van der Waals surface area contributed by atoms with Crippen LogP contribution in [0.5, 0.6) is 0 Å². The second-order valence-corrected chi connectivity index (χ2v) is 4.31. The Morgan fingerprint density at radius 2 is 2.18 bits per heavy atom. The lowest BCUT2D eigenvalue weighted by Gasteiger charge is -2.26. The molecule has 0 saturated heterocycles. The summed E-state index contributed by atoms with van der Waals surface area (Å²) in [7, 11) is 0. The lowest BCUT2D eigenvalue weighted by Crippen LogP contribution is -2.41. The number of aliphatic hydroxyl groups excluding tert-OH is 1. The molecule has 0 aliphatic heterocycles. The first kappa shape index (κ1) is 13.5. The molecule has 0 atom stereocenters. The third-order valence-corrected chi connectivity index (χ3v) is 2.49. The van der Waals surface area contributed by atoms with Gasteiger partial charge in [0.2, 0.25) is 0 Å². The van der Waals surface area contributed by atoms with Crippen molar-refractivity contribution in [1.82, 2.24) is 4.90 Å². The van der Waals surface area contributed by atoms with Crippen LogP contribution in [-0.2, 0) is 0 Å². The summed E-state index contributed by atoms with van der Waals surface area (Å²) in [6, 6.07) is 7.52. The minimum Gasteiger partial charge on any atom is -0.395 e. The molecule has 0 unspecified atom stereocenters. The van der Waals surface area contributed by atoms with Gasteiger partial charge in [-0.05, 0) is 38.5 Å². The van der Waals surface area contributed by atoms with Crippen LogP contribution in [0.4, 0.5) is 10.5 Å². The second kappa shape index (κ2) is 6.25. The molecule has 0 spiro atoms. The number of benzene rings is 1. The van der Waals surface area contributed by atoms with Crippen LogP contribution < -0.4 is 5.32 Å². The molecule has 2 amide bonds. The van der Waals surface area contributed by atoms with Gasteiger partial charge in [-0.3, -0.25) is 0 Å². The van der Waals surface area contributed by atoms with E-state index >= 15 is 0 Å². The zero-order chi connectivity index (χ0) is 12.8. The number of urea groups is 1. The van der Waals surface area contributed by atoms with Crippen LogP contribution in [0.2, 0.25) is 0 Å². The van der Waals surface area contributed by atoms with Crippen LogP contribution >= 0.6 is 0 Å². The smallest absolute Gasteiger partial charge is 0.322 e. The van der Waals surface area contributed by atoms with Gasteiger partial charge in [0, 0.05) is 18.3 Å². The lowest BCUT2D eigenvalue weighted by molar-refractivity contribution is 0.172. The van der Waals surface area contributed by atoms with Gasteiger partial charge in [-0.15, -0.1) is 0 Å². The summed E-state index contributed by atoms with van der Waals surface area (Å²) in [5.41, 5.74) is 1.87. The molecule has 0 fully saturated rings. The van der Waals surface area contributed by atoms with Crippen molar-refractivity contribution in [1.29, 1.82) is 0 Å². The highest BCUT2D eigenvalue weighted by Crippen LogP contribution is 2.11. The summed E-state index contributed by atoms with van der Waals surface area (Å²) < 4.78 is 0. The number of nitrogens with zero attached hydrogens (tertiary/aromatic N) is 1. The number of aryl methyl sites for hydroxylation is 1. The largest absolute Gasteiger partial charge is 0.395 e. The molecule has 0 heterocycles. The van der Waals surface area contributed by atoms with E-state index in [9.17, 15) is 4.79 Å². The van der Waals surface area contributed by atoms with Crippen molar-refractivity contribution < 1.29 is 9.90 Å². The zero-order valence-electron chi connectivity index (χ0n) is 10.6. The first-order valence-corrected chi connectivity index (χ1v) is 5.79. The standard InChI is InChI=1S/C13H20N2O2/c1-10(2)15(7-8-16)13(17)14-12-6-4-5-11(3)9-12/h4-6,9-10,16H,7-8H2,1-3H3,(H,14,17). The number of nitrogens with one attached hydrogen (secondary N) is 1. The maximum absolute atomic E-state index is 12.0. The van der Waals surface area contributed by atoms with Crippen molar-refractivity contribution in [2.75, 3.05) is 18.5 Å². The van der Waals surface area contributed by atoms with E-state index in [0.717, 1.165) is 11.3 Å². The van der Waals surface area contributed by atoms with E-state index in [4.69, 9.17) is 5.11 Å². The minimum absolute atomic E-state index is 0.0284. The summed E-state index contributed by atoms with van der Waals surface area (Å²) in [5, 5.41) is 11.7. The van der Waals surface area contributed by atoms with Gasteiger partial charge >= 0.3 is 6.03 Å². The van der Waals surface area contributed by atoms with E-state index in [2.05, 4.69) is 5.32 Å². The van der Waals surface area contributed by atoms with E-state index in [0.29, 0.717) is 6.54 Å². The van der Waals surface area contributed by atoms with Crippen LogP contribution in [-0.4, -0.2) is 35.2 Å². The molecule has 0 saturated carbocycles. The Balaban J connectivity index is 2.69. The van der Waals surface area contributed by atoms with Gasteiger partial charge in [0.25, 0.3) is 0 Å². The average Bonchev–Trinajstić information content (AvgIpc) is 2.25. The highest BCUT2D eigenvalue weighted by atomic mass is 16.3. The molecule has 0 aliphatic carbocycles. The van der Waals surface area contributed by atoms with Crippen molar-refractivity contribution in [3.8, 4) is 0 Å². The van der Waals surface area contributed by atoms with Crippen LogP contribution in [0.3, 0.4) is 0 Å². The van der Waals surface area contributed by atoms with Gasteiger partial charge in [-0.25, -0.2) is 4.79 Å². The SMILES string of the molecule is Cc1cccc(NC(=O)N(CCO)C(C)C)c1. The number of hydrogen-bond acceptors (Lipinski definition) is 2. The van der Waals surface area contributed by atoms with Crippen molar-refractivity contribution in [2.45, 2.75) is 26.8 Å². The molecule has 94 valence electrons. The normalized spacial score (nSPS) is 10.4. The highest BCUT2D eigenvalue weighted by Gasteiger charge is 2.15. The van der Waals surface area contributed by atoms with E-state index in [1.807, 2.05) is 45.0 Å². The van der Waals surface area contributed by atoms with E-state index < -0.39 is 0 Å². The molecule has 0 aromatic heterocycles. The molecule has 4 heteroatoms. The number of amides is 2. The van der Waals surface area contributed by atoms with Crippen molar-refractivity contribution in [3.05, 3.63) is 29.8 Å². The molecule has 1 aromatic carbocycles. The predicted molar refractivity (Wildman–Crippen MR) is 69.1 cm³/mol. The maximum Gasteiger partial charge on any atom is 0.322 e. The molecule has 0 bridgehead atoms. The molecular formula is C13H20N2O2. The zero-order valence-corrected chi connectivity index (χ0v) is 10.6. The summed E-state index contributed by atoms with van der Waals surface area (Å²) in [5.74, 6) is 0.